The first kappa shape index (κ1) is 14.4. The van der Waals surface area contributed by atoms with Crippen LogP contribution in [-0.4, -0.2) is 46.0 Å². The van der Waals surface area contributed by atoms with E-state index in [9.17, 15) is 4.79 Å². The van der Waals surface area contributed by atoms with E-state index in [-0.39, 0.29) is 5.91 Å². The number of fused-ring (bicyclic) bond motifs is 3. The predicted octanol–water partition coefficient (Wildman–Crippen LogP) is 1.87. The smallest absolute Gasteiger partial charge is 0.239 e. The number of nitrogens with zero attached hydrogens (tertiary/aromatic N) is 5. The summed E-state index contributed by atoms with van der Waals surface area (Å²) in [5.41, 5.74) is 3.12. The maximum atomic E-state index is 13.2. The number of carbonyl (C=O) groups excluding carboxylic acids is 1. The number of carbonyl (C=O) groups is 1. The van der Waals surface area contributed by atoms with Gasteiger partial charge in [0.1, 0.15) is 11.8 Å². The first-order valence-electron chi connectivity index (χ1n) is 8.47. The fourth-order valence-electron chi connectivity index (χ4n) is 4.34. The molecule has 1 N–H and O–H groups in total. The van der Waals surface area contributed by atoms with Crippen LogP contribution >= 0.6 is 0 Å². The summed E-state index contributed by atoms with van der Waals surface area (Å²) in [6.45, 7) is 1.49. The molecule has 1 amide bonds. The number of piperidine rings is 1. The number of H-pyrrole nitrogens is 1. The molecule has 7 heteroatoms. The zero-order chi connectivity index (χ0) is 17.0. The molecular formula is C18H18N6O. The molecule has 4 heterocycles. The van der Waals surface area contributed by atoms with Gasteiger partial charge in [0.2, 0.25) is 5.91 Å². The van der Waals surface area contributed by atoms with Crippen LogP contribution in [-0.2, 0) is 10.2 Å². The highest BCUT2D eigenvalue weighted by atomic mass is 16.2. The van der Waals surface area contributed by atoms with Crippen LogP contribution in [0.1, 0.15) is 18.4 Å². The predicted molar refractivity (Wildman–Crippen MR) is 94.7 cm³/mol. The van der Waals surface area contributed by atoms with Gasteiger partial charge in [0, 0.05) is 25.8 Å². The Balaban J connectivity index is 1.61. The van der Waals surface area contributed by atoms with Crippen molar-refractivity contribution in [3.8, 4) is 0 Å². The number of imidazole rings is 1. The van der Waals surface area contributed by atoms with E-state index in [1.807, 2.05) is 25.2 Å². The second-order valence-electron chi connectivity index (χ2n) is 6.79. The van der Waals surface area contributed by atoms with E-state index in [4.69, 9.17) is 0 Å². The van der Waals surface area contributed by atoms with Gasteiger partial charge in [0.15, 0.2) is 11.5 Å². The molecule has 0 aliphatic carbocycles. The third-order valence-corrected chi connectivity index (χ3v) is 5.49. The molecule has 25 heavy (non-hydrogen) atoms. The number of aromatic nitrogens is 4. The van der Waals surface area contributed by atoms with Gasteiger partial charge in [-0.25, -0.2) is 15.0 Å². The molecule has 2 aliphatic rings. The van der Waals surface area contributed by atoms with Crippen molar-refractivity contribution in [2.45, 2.75) is 18.3 Å². The summed E-state index contributed by atoms with van der Waals surface area (Å²) in [7, 11) is 1.87. The minimum atomic E-state index is -0.499. The Labute approximate surface area is 144 Å². The average molecular weight is 334 g/mol. The van der Waals surface area contributed by atoms with Crippen LogP contribution in [0.5, 0.6) is 0 Å². The highest BCUT2D eigenvalue weighted by molar-refractivity contribution is 6.08. The highest BCUT2D eigenvalue weighted by Gasteiger charge is 2.51. The fraction of sp³-hybridized carbons (Fsp3) is 0.333. The summed E-state index contributed by atoms with van der Waals surface area (Å²) >= 11 is 0. The van der Waals surface area contributed by atoms with Gasteiger partial charge >= 0.3 is 0 Å². The summed E-state index contributed by atoms with van der Waals surface area (Å²) in [4.78, 5) is 33.2. The summed E-state index contributed by atoms with van der Waals surface area (Å²) in [6, 6.07) is 8.12. The Kier molecular flexibility index (Phi) is 2.89. The molecule has 5 rings (SSSR count). The molecule has 0 radical (unpaired) electrons. The van der Waals surface area contributed by atoms with Crippen molar-refractivity contribution in [1.29, 1.82) is 0 Å². The van der Waals surface area contributed by atoms with Crippen LogP contribution in [0.2, 0.25) is 0 Å². The molecule has 7 nitrogen and oxygen atoms in total. The molecular weight excluding hydrogens is 316 g/mol. The lowest BCUT2D eigenvalue weighted by Crippen LogP contribution is -2.51. The van der Waals surface area contributed by atoms with Crippen molar-refractivity contribution in [2.75, 3.05) is 29.9 Å². The molecule has 126 valence electrons. The van der Waals surface area contributed by atoms with Crippen LogP contribution in [0.3, 0.4) is 0 Å². The van der Waals surface area contributed by atoms with E-state index in [1.54, 1.807) is 11.2 Å². The molecule has 1 fully saturated rings. The van der Waals surface area contributed by atoms with Gasteiger partial charge < -0.3 is 14.8 Å². The molecule has 1 saturated heterocycles. The lowest BCUT2D eigenvalue weighted by atomic mass is 9.75. The Bertz CT molecular complexity index is 982. The third-order valence-electron chi connectivity index (χ3n) is 5.49. The minimum Gasteiger partial charge on any atom is -0.353 e. The Hall–Kier alpha value is -2.96. The van der Waals surface area contributed by atoms with Crippen molar-refractivity contribution in [3.05, 3.63) is 42.5 Å². The van der Waals surface area contributed by atoms with Crippen molar-refractivity contribution >= 4 is 28.6 Å². The number of amides is 1. The Morgan fingerprint density at radius 3 is 3.00 bits per heavy atom. The first-order chi connectivity index (χ1) is 12.2. The van der Waals surface area contributed by atoms with Crippen LogP contribution < -0.4 is 9.80 Å². The Morgan fingerprint density at radius 1 is 1.20 bits per heavy atom. The molecule has 2 aliphatic heterocycles. The van der Waals surface area contributed by atoms with Crippen molar-refractivity contribution < 1.29 is 4.79 Å². The standard InChI is InChI=1S/C18H18N6O/c1-23-13-6-3-2-5-12(13)18(17(23)25)7-4-8-24(9-18)16-14-15(20-10-19-14)21-11-22-16/h2-3,5-6,10-11H,4,7-9H2,1H3,(H,19,20,21,22). The topological polar surface area (TPSA) is 78.0 Å². The number of likely N-dealkylation sites (N-methyl/N-ethyl adjacent to an activating group) is 1. The van der Waals surface area contributed by atoms with Gasteiger partial charge in [-0.2, -0.15) is 0 Å². The van der Waals surface area contributed by atoms with Gasteiger partial charge in [0.05, 0.1) is 11.7 Å². The number of nitrogens with one attached hydrogen (secondary N) is 1. The van der Waals surface area contributed by atoms with Gasteiger partial charge in [-0.05, 0) is 24.5 Å². The highest BCUT2D eigenvalue weighted by Crippen LogP contribution is 2.46. The summed E-state index contributed by atoms with van der Waals surface area (Å²) < 4.78 is 0. The maximum Gasteiger partial charge on any atom is 0.239 e. The molecule has 0 saturated carbocycles. The van der Waals surface area contributed by atoms with Crippen molar-refractivity contribution in [3.63, 3.8) is 0 Å². The van der Waals surface area contributed by atoms with E-state index in [0.29, 0.717) is 12.2 Å². The maximum absolute atomic E-state index is 13.2. The summed E-state index contributed by atoms with van der Waals surface area (Å²) in [5.74, 6) is 0.995. The number of hydrogen-bond donors (Lipinski definition) is 1. The van der Waals surface area contributed by atoms with Gasteiger partial charge in [-0.1, -0.05) is 18.2 Å². The zero-order valence-electron chi connectivity index (χ0n) is 13.9. The molecule has 3 aromatic rings. The molecule has 2 aromatic heterocycles. The van der Waals surface area contributed by atoms with E-state index in [0.717, 1.165) is 42.0 Å². The van der Waals surface area contributed by atoms with Gasteiger partial charge in [0.25, 0.3) is 0 Å². The molecule has 1 spiro atoms. The number of benzene rings is 1. The van der Waals surface area contributed by atoms with E-state index in [1.165, 1.54) is 6.33 Å². The largest absolute Gasteiger partial charge is 0.353 e. The second kappa shape index (κ2) is 5.02. The molecule has 1 aromatic carbocycles. The second-order valence-corrected chi connectivity index (χ2v) is 6.79. The van der Waals surface area contributed by atoms with Crippen LogP contribution in [0, 0.1) is 0 Å². The summed E-state index contributed by atoms with van der Waals surface area (Å²) in [5, 5.41) is 0. The monoisotopic (exact) mass is 334 g/mol. The number of hydrogen-bond acceptors (Lipinski definition) is 5. The molecule has 1 unspecified atom stereocenters. The normalized spacial score (nSPS) is 22.8. The third kappa shape index (κ3) is 1.86. The first-order valence-corrected chi connectivity index (χ1v) is 8.47. The van der Waals surface area contributed by atoms with Crippen LogP contribution in [0.15, 0.2) is 36.9 Å². The average Bonchev–Trinajstić information content (AvgIpc) is 3.21. The van der Waals surface area contributed by atoms with Crippen LogP contribution in [0.25, 0.3) is 11.2 Å². The molecule has 1 atom stereocenters. The number of rotatable bonds is 1. The van der Waals surface area contributed by atoms with Crippen LogP contribution in [0.4, 0.5) is 11.5 Å². The summed E-state index contributed by atoms with van der Waals surface area (Å²) in [6.07, 6.45) is 4.97. The SMILES string of the molecule is CN1C(=O)C2(CCCN(c3ncnc4nc[nH]c34)C2)c2ccccc21. The lowest BCUT2D eigenvalue weighted by Gasteiger charge is -2.40. The number of para-hydroxylation sites is 1. The van der Waals surface area contributed by atoms with E-state index in [2.05, 4.69) is 30.9 Å². The van der Waals surface area contributed by atoms with Gasteiger partial charge in [-0.3, -0.25) is 4.79 Å². The quantitative estimate of drug-likeness (QED) is 0.735. The number of anilines is 2. The minimum absolute atomic E-state index is 0.174. The lowest BCUT2D eigenvalue weighted by molar-refractivity contribution is -0.123. The van der Waals surface area contributed by atoms with Crippen molar-refractivity contribution in [2.24, 2.45) is 0 Å². The number of aromatic amines is 1. The van der Waals surface area contributed by atoms with E-state index < -0.39 is 5.41 Å². The van der Waals surface area contributed by atoms with E-state index >= 15 is 0 Å². The zero-order valence-corrected chi connectivity index (χ0v) is 13.9. The van der Waals surface area contributed by atoms with Crippen molar-refractivity contribution in [1.82, 2.24) is 19.9 Å². The Morgan fingerprint density at radius 2 is 2.08 bits per heavy atom. The fourth-order valence-corrected chi connectivity index (χ4v) is 4.34. The molecule has 0 bridgehead atoms. The van der Waals surface area contributed by atoms with Gasteiger partial charge in [-0.15, -0.1) is 0 Å².